The van der Waals surface area contributed by atoms with Gasteiger partial charge in [-0.05, 0) is 46.9 Å². The van der Waals surface area contributed by atoms with Crippen molar-refractivity contribution in [1.82, 2.24) is 4.90 Å². The van der Waals surface area contributed by atoms with Crippen LogP contribution in [-0.2, 0) is 6.42 Å². The summed E-state index contributed by atoms with van der Waals surface area (Å²) in [5.41, 5.74) is 6.83. The maximum absolute atomic E-state index is 5.97. The summed E-state index contributed by atoms with van der Waals surface area (Å²) >= 11 is 0. The summed E-state index contributed by atoms with van der Waals surface area (Å²) in [5.74, 6) is 3.07. The van der Waals surface area contributed by atoms with Gasteiger partial charge in [-0.3, -0.25) is 4.99 Å². The standard InChI is InChI=1S/C34H34N2O5/c1-37-28-17-24-15-16-36-20-27(23-13-11-22(12-14-23)21-9-7-6-8-10-21)35-31-26(32(36)25(24)18-29(28)38-2)19-30(39-3)33(40-4)34(31)41-5/h6-14,17-19,27H,15-16,20H2,1-5H3. The topological polar surface area (TPSA) is 61.8 Å². The number of methoxy groups -OCH3 is 5. The van der Waals surface area contributed by atoms with Gasteiger partial charge in [0.05, 0.1) is 47.3 Å². The Bertz CT molecular complexity index is 1700. The lowest BCUT2D eigenvalue weighted by atomic mass is 9.93. The van der Waals surface area contributed by atoms with Crippen LogP contribution in [-0.4, -0.2) is 53.5 Å². The van der Waals surface area contributed by atoms with E-state index in [1.165, 1.54) is 16.7 Å². The van der Waals surface area contributed by atoms with E-state index in [1.807, 2.05) is 12.1 Å². The first-order valence-electron chi connectivity index (χ1n) is 13.7. The van der Waals surface area contributed by atoms with Crippen LogP contribution in [0.3, 0.4) is 0 Å². The van der Waals surface area contributed by atoms with E-state index in [-0.39, 0.29) is 6.04 Å². The van der Waals surface area contributed by atoms with Crippen LogP contribution in [0.25, 0.3) is 16.8 Å². The van der Waals surface area contributed by atoms with Gasteiger partial charge in [0.2, 0.25) is 5.75 Å². The molecule has 0 aromatic heterocycles. The molecule has 1 atom stereocenters. The quantitative estimate of drug-likeness (QED) is 0.330. The maximum atomic E-state index is 5.97. The Morgan fingerprint density at radius 3 is 2.00 bits per heavy atom. The molecule has 6 rings (SSSR count). The zero-order chi connectivity index (χ0) is 28.5. The lowest BCUT2D eigenvalue weighted by Gasteiger charge is -2.34. The molecule has 0 aliphatic carbocycles. The Balaban J connectivity index is 1.60. The average Bonchev–Trinajstić information content (AvgIpc) is 3.20. The number of nitrogens with zero attached hydrogens (tertiary/aromatic N) is 2. The van der Waals surface area contributed by atoms with Crippen LogP contribution in [0.4, 0.5) is 0 Å². The lowest BCUT2D eigenvalue weighted by molar-refractivity contribution is 0.321. The monoisotopic (exact) mass is 550 g/mol. The molecule has 0 fully saturated rings. The van der Waals surface area contributed by atoms with Crippen molar-refractivity contribution in [3.05, 3.63) is 100 Å². The smallest absolute Gasteiger partial charge is 0.205 e. The van der Waals surface area contributed by atoms with Crippen LogP contribution in [0.15, 0.2) is 77.8 Å². The number of benzene rings is 4. The fourth-order valence-corrected chi connectivity index (χ4v) is 5.95. The third-order valence-electron chi connectivity index (χ3n) is 7.97. The summed E-state index contributed by atoms with van der Waals surface area (Å²) in [6.07, 6.45) is 0.874. The summed E-state index contributed by atoms with van der Waals surface area (Å²) in [6, 6.07) is 25.1. The number of hydrogen-bond acceptors (Lipinski definition) is 7. The second-order valence-electron chi connectivity index (χ2n) is 10.1. The van der Waals surface area contributed by atoms with Gasteiger partial charge in [-0.15, -0.1) is 0 Å². The van der Waals surface area contributed by atoms with E-state index in [0.717, 1.165) is 46.1 Å². The molecule has 7 heteroatoms. The van der Waals surface area contributed by atoms with Crippen LogP contribution < -0.4 is 34.3 Å². The maximum Gasteiger partial charge on any atom is 0.205 e. The highest BCUT2D eigenvalue weighted by Gasteiger charge is 2.31. The van der Waals surface area contributed by atoms with Crippen molar-refractivity contribution >= 4 is 5.70 Å². The van der Waals surface area contributed by atoms with Gasteiger partial charge < -0.3 is 28.6 Å². The molecule has 0 radical (unpaired) electrons. The summed E-state index contributed by atoms with van der Waals surface area (Å²) < 4.78 is 28.9. The van der Waals surface area contributed by atoms with Gasteiger partial charge in [0.15, 0.2) is 23.0 Å². The summed E-state index contributed by atoms with van der Waals surface area (Å²) in [7, 11) is 8.24. The van der Waals surface area contributed by atoms with Gasteiger partial charge in [-0.25, -0.2) is 0 Å². The fraction of sp³-hybridized carbons (Fsp3) is 0.265. The normalized spacial score (nSPS) is 15.5. The Hall–Kier alpha value is -4.65. The van der Waals surface area contributed by atoms with Crippen molar-refractivity contribution < 1.29 is 23.7 Å². The molecule has 0 spiro atoms. The van der Waals surface area contributed by atoms with Gasteiger partial charge in [0.1, 0.15) is 5.36 Å². The van der Waals surface area contributed by atoms with E-state index < -0.39 is 0 Å². The molecule has 2 aliphatic heterocycles. The minimum atomic E-state index is -0.134. The number of hydrogen-bond donors (Lipinski definition) is 0. The predicted octanol–water partition coefficient (Wildman–Crippen LogP) is 4.79. The second kappa shape index (κ2) is 11.1. The Kier molecular flexibility index (Phi) is 7.18. The third-order valence-corrected chi connectivity index (χ3v) is 7.97. The number of fused-ring (bicyclic) bond motifs is 4. The average molecular weight is 551 g/mol. The van der Waals surface area contributed by atoms with Gasteiger partial charge in [0.25, 0.3) is 0 Å². The van der Waals surface area contributed by atoms with Gasteiger partial charge in [0, 0.05) is 23.9 Å². The van der Waals surface area contributed by atoms with Gasteiger partial charge in [-0.1, -0.05) is 54.6 Å². The predicted molar refractivity (Wildman–Crippen MR) is 159 cm³/mol. The molecule has 210 valence electrons. The molecule has 0 amide bonds. The Morgan fingerprint density at radius 1 is 0.683 bits per heavy atom. The molecule has 2 aliphatic rings. The highest BCUT2D eigenvalue weighted by molar-refractivity contribution is 5.73. The first-order chi connectivity index (χ1) is 20.1. The second-order valence-corrected chi connectivity index (χ2v) is 10.1. The molecule has 0 saturated carbocycles. The van der Waals surface area contributed by atoms with Crippen molar-refractivity contribution in [1.29, 1.82) is 0 Å². The molecule has 0 saturated heterocycles. The molecule has 7 nitrogen and oxygen atoms in total. The largest absolute Gasteiger partial charge is 0.493 e. The molecule has 0 bridgehead atoms. The minimum Gasteiger partial charge on any atom is -0.493 e. The van der Waals surface area contributed by atoms with Crippen LogP contribution >= 0.6 is 0 Å². The number of rotatable bonds is 7. The highest BCUT2D eigenvalue weighted by Crippen LogP contribution is 2.40. The van der Waals surface area contributed by atoms with Crippen LogP contribution in [0.1, 0.15) is 22.7 Å². The first kappa shape index (κ1) is 26.6. The van der Waals surface area contributed by atoms with Crippen molar-refractivity contribution in [2.24, 2.45) is 4.99 Å². The van der Waals surface area contributed by atoms with E-state index in [2.05, 4.69) is 65.6 Å². The molecule has 1 unspecified atom stereocenters. The lowest BCUT2D eigenvalue weighted by Crippen LogP contribution is -2.38. The van der Waals surface area contributed by atoms with E-state index in [1.54, 1.807) is 35.5 Å². The van der Waals surface area contributed by atoms with E-state index in [9.17, 15) is 0 Å². The third kappa shape index (κ3) is 4.61. The Morgan fingerprint density at radius 2 is 1.34 bits per heavy atom. The molecule has 2 heterocycles. The zero-order valence-corrected chi connectivity index (χ0v) is 24.1. The zero-order valence-electron chi connectivity index (χ0n) is 24.1. The van der Waals surface area contributed by atoms with Crippen LogP contribution in [0.2, 0.25) is 0 Å². The van der Waals surface area contributed by atoms with Gasteiger partial charge >= 0.3 is 0 Å². The summed E-state index contributed by atoms with van der Waals surface area (Å²) in [4.78, 5) is 7.78. The van der Waals surface area contributed by atoms with Crippen molar-refractivity contribution in [3.8, 4) is 39.9 Å². The molecule has 4 aromatic carbocycles. The van der Waals surface area contributed by atoms with Crippen LogP contribution in [0, 0.1) is 0 Å². The van der Waals surface area contributed by atoms with Gasteiger partial charge in [-0.2, -0.15) is 0 Å². The summed E-state index contributed by atoms with van der Waals surface area (Å²) in [5, 5.41) is 1.67. The van der Waals surface area contributed by atoms with Crippen molar-refractivity contribution in [2.45, 2.75) is 12.5 Å². The molecule has 41 heavy (non-hydrogen) atoms. The Labute approximate surface area is 240 Å². The fourth-order valence-electron chi connectivity index (χ4n) is 5.95. The van der Waals surface area contributed by atoms with E-state index >= 15 is 0 Å². The van der Waals surface area contributed by atoms with Crippen LogP contribution in [0.5, 0.6) is 28.7 Å². The highest BCUT2D eigenvalue weighted by atomic mass is 16.5. The first-order valence-corrected chi connectivity index (χ1v) is 13.7. The molecular weight excluding hydrogens is 516 g/mol. The SMILES string of the molecule is COc1cc2c(cc1OC)C1=c3cc(OC)c(OC)c(OC)c3=NC(c3ccc(-c4ccccc4)cc3)CN1CC2. The number of ether oxygens (including phenoxy) is 5. The minimum absolute atomic E-state index is 0.134. The van der Waals surface area contributed by atoms with Crippen molar-refractivity contribution in [2.75, 3.05) is 48.6 Å². The van der Waals surface area contributed by atoms with Crippen molar-refractivity contribution in [3.63, 3.8) is 0 Å². The van der Waals surface area contributed by atoms with E-state index in [4.69, 9.17) is 28.7 Å². The van der Waals surface area contributed by atoms with E-state index in [0.29, 0.717) is 29.5 Å². The molecular formula is C34H34N2O5. The molecule has 4 aromatic rings. The summed E-state index contributed by atoms with van der Waals surface area (Å²) in [6.45, 7) is 1.54. The molecule has 0 N–H and O–H groups in total.